The molecule has 2 heterocycles. The fourth-order valence-corrected chi connectivity index (χ4v) is 2.69. The van der Waals surface area contributed by atoms with Gasteiger partial charge in [-0.2, -0.15) is 4.39 Å². The van der Waals surface area contributed by atoms with Crippen LogP contribution in [0.15, 0.2) is 64.8 Å². The third-order valence-electron chi connectivity index (χ3n) is 3.94. The average Bonchev–Trinajstić information content (AvgIpc) is 2.61. The monoisotopic (exact) mass is 337 g/mol. The van der Waals surface area contributed by atoms with Crippen LogP contribution in [-0.4, -0.2) is 9.55 Å². The summed E-state index contributed by atoms with van der Waals surface area (Å²) in [6.07, 6.45) is 2.85. The Morgan fingerprint density at radius 2 is 1.88 bits per heavy atom. The van der Waals surface area contributed by atoms with Gasteiger partial charge in [-0.1, -0.05) is 26.0 Å². The summed E-state index contributed by atoms with van der Waals surface area (Å²) >= 11 is 0. The largest absolute Gasteiger partial charge is 0.318 e. The first-order valence-electron chi connectivity index (χ1n) is 7.82. The van der Waals surface area contributed by atoms with E-state index in [0.29, 0.717) is 5.56 Å². The lowest BCUT2D eigenvalue weighted by Gasteiger charge is -2.17. The van der Waals surface area contributed by atoms with Crippen LogP contribution in [0.4, 0.5) is 10.1 Å². The molecule has 0 aliphatic heterocycles. The Kier molecular flexibility index (Phi) is 4.52. The van der Waals surface area contributed by atoms with Gasteiger partial charge in [-0.25, -0.2) is 4.98 Å². The first-order chi connectivity index (χ1) is 12.0. The maximum absolute atomic E-state index is 13.4. The molecule has 3 rings (SSSR count). The highest BCUT2D eigenvalue weighted by Crippen LogP contribution is 2.25. The Hall–Kier alpha value is -3.15. The van der Waals surface area contributed by atoms with Gasteiger partial charge in [-0.05, 0) is 40.4 Å². The molecule has 0 spiro atoms. The second kappa shape index (κ2) is 6.76. The van der Waals surface area contributed by atoms with Crippen LogP contribution in [0, 0.1) is 10.9 Å². The molecule has 0 aliphatic rings. The van der Waals surface area contributed by atoms with Crippen LogP contribution in [0.2, 0.25) is 0 Å². The van der Waals surface area contributed by atoms with Gasteiger partial charge in [0, 0.05) is 35.9 Å². The third kappa shape index (κ3) is 3.38. The van der Waals surface area contributed by atoms with E-state index >= 15 is 0 Å². The van der Waals surface area contributed by atoms with Crippen molar-refractivity contribution in [2.75, 3.05) is 0 Å². The minimum Gasteiger partial charge on any atom is -0.318 e. The van der Waals surface area contributed by atoms with Crippen molar-refractivity contribution < 1.29 is 4.39 Å². The normalized spacial score (nSPS) is 10.9. The van der Waals surface area contributed by atoms with Crippen LogP contribution >= 0.6 is 0 Å². The number of pyridine rings is 2. The molecule has 5 nitrogen and oxygen atoms in total. The molecule has 0 fully saturated rings. The Labute approximate surface area is 143 Å². The molecule has 0 radical (unpaired) electrons. The fourth-order valence-electron chi connectivity index (χ4n) is 2.69. The molecule has 0 N–H and O–H groups in total. The van der Waals surface area contributed by atoms with Crippen molar-refractivity contribution in [3.63, 3.8) is 0 Å². The van der Waals surface area contributed by atoms with Gasteiger partial charge in [-0.3, -0.25) is 4.79 Å². The zero-order chi connectivity index (χ0) is 18.0. The van der Waals surface area contributed by atoms with Crippen molar-refractivity contribution in [2.24, 2.45) is 5.18 Å². The first kappa shape index (κ1) is 16.7. The molecule has 0 amide bonds. The quantitative estimate of drug-likeness (QED) is 0.518. The van der Waals surface area contributed by atoms with E-state index in [0.717, 1.165) is 16.9 Å². The van der Waals surface area contributed by atoms with Gasteiger partial charge < -0.3 is 4.57 Å². The zero-order valence-electron chi connectivity index (χ0n) is 13.8. The predicted molar refractivity (Wildman–Crippen MR) is 94.8 cm³/mol. The lowest BCUT2D eigenvalue weighted by atomic mass is 10.0. The highest BCUT2D eigenvalue weighted by molar-refractivity contribution is 5.65. The molecule has 2 aromatic heterocycles. The second-order valence-corrected chi connectivity index (χ2v) is 5.98. The fraction of sp³-hybridized carbons (Fsp3) is 0.158. The average molecular weight is 337 g/mol. The summed E-state index contributed by atoms with van der Waals surface area (Å²) < 4.78 is 15.2. The predicted octanol–water partition coefficient (Wildman–Crippen LogP) is 4.56. The topological polar surface area (TPSA) is 64.3 Å². The summed E-state index contributed by atoms with van der Waals surface area (Å²) in [5.41, 5.74) is 2.45. The van der Waals surface area contributed by atoms with Crippen LogP contribution in [0.3, 0.4) is 0 Å². The molecule has 0 saturated heterocycles. The molecule has 0 unspecified atom stereocenters. The van der Waals surface area contributed by atoms with E-state index in [1.807, 2.05) is 38.1 Å². The Morgan fingerprint density at radius 1 is 1.12 bits per heavy atom. The maximum atomic E-state index is 13.4. The van der Waals surface area contributed by atoms with Crippen molar-refractivity contribution in [3.05, 3.63) is 81.6 Å². The van der Waals surface area contributed by atoms with E-state index in [9.17, 15) is 14.1 Å². The summed E-state index contributed by atoms with van der Waals surface area (Å²) in [4.78, 5) is 26.4. The van der Waals surface area contributed by atoms with Gasteiger partial charge in [0.15, 0.2) is 5.69 Å². The lowest BCUT2D eigenvalue weighted by Crippen LogP contribution is -2.12. The maximum Gasteiger partial charge on any atom is 0.213 e. The van der Waals surface area contributed by atoms with Crippen LogP contribution in [-0.2, 0) is 0 Å². The molecule has 1 aromatic carbocycles. The number of benzene rings is 1. The SMILES string of the molecule is CC(C)c1cc(=O)c(N=O)cn1-c1cccc(-c2ccnc(F)c2)c1. The van der Waals surface area contributed by atoms with E-state index < -0.39 is 11.4 Å². The summed E-state index contributed by atoms with van der Waals surface area (Å²) in [5, 5.41) is 2.81. The van der Waals surface area contributed by atoms with Crippen molar-refractivity contribution in [3.8, 4) is 16.8 Å². The number of aromatic nitrogens is 2. The number of hydrogen-bond acceptors (Lipinski definition) is 4. The summed E-state index contributed by atoms with van der Waals surface area (Å²) in [7, 11) is 0. The minimum absolute atomic E-state index is 0.0652. The van der Waals surface area contributed by atoms with E-state index in [4.69, 9.17) is 0 Å². The van der Waals surface area contributed by atoms with Crippen LogP contribution in [0.1, 0.15) is 25.5 Å². The van der Waals surface area contributed by atoms with Gasteiger partial charge in [0.05, 0.1) is 0 Å². The summed E-state index contributed by atoms with van der Waals surface area (Å²) in [5.74, 6) is -0.489. The molecule has 6 heteroatoms. The molecule has 0 atom stereocenters. The Bertz CT molecular complexity index is 996. The van der Waals surface area contributed by atoms with Crippen molar-refractivity contribution in [1.82, 2.24) is 9.55 Å². The van der Waals surface area contributed by atoms with E-state index in [2.05, 4.69) is 10.2 Å². The Morgan fingerprint density at radius 3 is 2.56 bits per heavy atom. The van der Waals surface area contributed by atoms with Gasteiger partial charge in [0.1, 0.15) is 0 Å². The first-order valence-corrected chi connectivity index (χ1v) is 7.82. The van der Waals surface area contributed by atoms with Crippen LogP contribution in [0.25, 0.3) is 16.8 Å². The zero-order valence-corrected chi connectivity index (χ0v) is 13.8. The minimum atomic E-state index is -0.554. The summed E-state index contributed by atoms with van der Waals surface area (Å²) in [6.45, 7) is 3.92. The highest BCUT2D eigenvalue weighted by atomic mass is 19.1. The van der Waals surface area contributed by atoms with E-state index in [-0.39, 0.29) is 11.6 Å². The smallest absolute Gasteiger partial charge is 0.213 e. The van der Waals surface area contributed by atoms with Crippen LogP contribution in [0.5, 0.6) is 0 Å². The number of hydrogen-bond donors (Lipinski definition) is 0. The van der Waals surface area contributed by atoms with Crippen molar-refractivity contribution in [1.29, 1.82) is 0 Å². The number of nitrogens with zero attached hydrogens (tertiary/aromatic N) is 3. The molecule has 0 bridgehead atoms. The number of nitroso groups, excluding NO2 is 1. The molecule has 126 valence electrons. The molecular formula is C19H16FN3O2. The van der Waals surface area contributed by atoms with Gasteiger partial charge in [-0.15, -0.1) is 4.91 Å². The van der Waals surface area contributed by atoms with Gasteiger partial charge >= 0.3 is 0 Å². The van der Waals surface area contributed by atoms with E-state index in [1.54, 1.807) is 10.6 Å². The Balaban J connectivity index is 2.19. The molecule has 0 saturated carbocycles. The number of halogens is 1. The van der Waals surface area contributed by atoms with E-state index in [1.165, 1.54) is 24.5 Å². The summed E-state index contributed by atoms with van der Waals surface area (Å²) in [6, 6.07) is 11.9. The van der Waals surface area contributed by atoms with Gasteiger partial charge in [0.25, 0.3) is 0 Å². The van der Waals surface area contributed by atoms with Gasteiger partial charge in [0.2, 0.25) is 11.4 Å². The lowest BCUT2D eigenvalue weighted by molar-refractivity contribution is 0.584. The highest BCUT2D eigenvalue weighted by Gasteiger charge is 2.12. The van der Waals surface area contributed by atoms with Crippen LogP contribution < -0.4 is 5.43 Å². The number of rotatable bonds is 4. The molecular weight excluding hydrogens is 321 g/mol. The molecule has 0 aliphatic carbocycles. The standard InChI is InChI=1S/C19H16FN3O2/c1-12(2)17-10-18(24)16(22-25)11-23(17)15-5-3-4-13(8-15)14-6-7-21-19(20)9-14/h3-12H,1-2H3. The van der Waals surface area contributed by atoms with Crippen molar-refractivity contribution in [2.45, 2.75) is 19.8 Å². The van der Waals surface area contributed by atoms with Crippen molar-refractivity contribution >= 4 is 5.69 Å². The second-order valence-electron chi connectivity index (χ2n) is 5.98. The third-order valence-corrected chi connectivity index (χ3v) is 3.94. The molecule has 3 aromatic rings. The molecule has 25 heavy (non-hydrogen) atoms.